The van der Waals surface area contributed by atoms with Gasteiger partial charge in [-0.1, -0.05) is 44.9 Å². The third kappa shape index (κ3) is 3.58. The zero-order chi connectivity index (χ0) is 21.6. The fourth-order valence-electron chi connectivity index (χ4n) is 6.10. The van der Waals surface area contributed by atoms with Gasteiger partial charge in [-0.3, -0.25) is 9.59 Å². The summed E-state index contributed by atoms with van der Waals surface area (Å²) in [5, 5.41) is 3.34. The Labute approximate surface area is 184 Å². The monoisotopic (exact) mass is 425 g/mol. The van der Waals surface area contributed by atoms with Gasteiger partial charge in [-0.25, -0.2) is 0 Å². The smallest absolute Gasteiger partial charge is 0.271 e. The van der Waals surface area contributed by atoms with Gasteiger partial charge in [-0.05, 0) is 39.5 Å². The van der Waals surface area contributed by atoms with Gasteiger partial charge in [0.1, 0.15) is 17.0 Å². The molecule has 168 valence electrons. The number of carbonyl (C=O) groups is 2. The average Bonchev–Trinajstić information content (AvgIpc) is 3.13. The van der Waals surface area contributed by atoms with Crippen LogP contribution in [0.1, 0.15) is 93.8 Å². The maximum Gasteiger partial charge on any atom is 0.271 e. The van der Waals surface area contributed by atoms with Crippen molar-refractivity contribution >= 4 is 22.9 Å². The lowest BCUT2D eigenvalue weighted by atomic mass is 9.89. The van der Waals surface area contributed by atoms with Crippen molar-refractivity contribution in [3.05, 3.63) is 23.6 Å². The molecule has 0 bridgehead atoms. The minimum absolute atomic E-state index is 0.00436. The Morgan fingerprint density at radius 1 is 1.03 bits per heavy atom. The lowest BCUT2D eigenvalue weighted by Gasteiger charge is -2.48. The average molecular weight is 426 g/mol. The maximum atomic E-state index is 13.9. The molecule has 2 saturated carbocycles. The summed E-state index contributed by atoms with van der Waals surface area (Å²) in [4.78, 5) is 29.6. The molecule has 2 aliphatic carbocycles. The number of aryl methyl sites for hydroxylation is 1. The van der Waals surface area contributed by atoms with Crippen LogP contribution in [-0.2, 0) is 11.3 Å². The van der Waals surface area contributed by atoms with Crippen molar-refractivity contribution in [2.75, 3.05) is 0 Å². The molecule has 1 atom stereocenters. The Morgan fingerprint density at radius 3 is 2.39 bits per heavy atom. The summed E-state index contributed by atoms with van der Waals surface area (Å²) in [6, 6.07) is 4.19. The first kappa shape index (κ1) is 20.7. The molecule has 31 heavy (non-hydrogen) atoms. The van der Waals surface area contributed by atoms with Gasteiger partial charge in [-0.2, -0.15) is 0 Å². The van der Waals surface area contributed by atoms with Crippen LogP contribution in [0.3, 0.4) is 0 Å². The summed E-state index contributed by atoms with van der Waals surface area (Å²) < 4.78 is 7.84. The lowest BCUT2D eigenvalue weighted by molar-refractivity contribution is -0.135. The maximum absolute atomic E-state index is 13.9. The predicted octanol–water partition coefficient (Wildman–Crippen LogP) is 4.93. The molecule has 1 aliphatic heterocycles. The van der Waals surface area contributed by atoms with Crippen LogP contribution in [0.4, 0.5) is 0 Å². The molecule has 5 rings (SSSR count). The standard InChI is InChI=1S/C25H35N3O3/c1-17-14-20-22(31-17)15-21-23(29)28(19-12-8-3-4-9-13-19)25(2,16-27(20)21)24(30)26-18-10-6-5-7-11-18/h14-15,18-19H,3-13,16H2,1-2H3,(H,26,30)/t25-/m1/s1. The van der Waals surface area contributed by atoms with E-state index in [4.69, 9.17) is 4.42 Å². The van der Waals surface area contributed by atoms with Crippen LogP contribution >= 0.6 is 0 Å². The van der Waals surface area contributed by atoms with Crippen molar-refractivity contribution in [3.63, 3.8) is 0 Å². The van der Waals surface area contributed by atoms with Crippen LogP contribution in [0.15, 0.2) is 16.5 Å². The summed E-state index contributed by atoms with van der Waals surface area (Å²) in [6.07, 6.45) is 12.3. The van der Waals surface area contributed by atoms with Gasteiger partial charge in [0, 0.05) is 24.2 Å². The molecule has 0 aromatic carbocycles. The Hall–Kier alpha value is -2.24. The molecule has 3 heterocycles. The summed E-state index contributed by atoms with van der Waals surface area (Å²) in [5.74, 6) is 0.806. The highest BCUT2D eigenvalue weighted by molar-refractivity contribution is 6.03. The highest BCUT2D eigenvalue weighted by atomic mass is 16.3. The van der Waals surface area contributed by atoms with E-state index in [1.807, 2.05) is 35.4 Å². The first-order valence-corrected chi connectivity index (χ1v) is 12.2. The van der Waals surface area contributed by atoms with E-state index >= 15 is 0 Å². The number of furan rings is 1. The number of rotatable bonds is 3. The number of carbonyl (C=O) groups excluding carboxylic acids is 2. The molecule has 3 aliphatic rings. The third-order valence-electron chi connectivity index (χ3n) is 7.77. The second-order valence-electron chi connectivity index (χ2n) is 10.1. The van der Waals surface area contributed by atoms with Crippen LogP contribution in [0.5, 0.6) is 0 Å². The van der Waals surface area contributed by atoms with Crippen molar-refractivity contribution in [1.82, 2.24) is 14.8 Å². The number of amides is 2. The molecule has 2 aromatic rings. The van der Waals surface area contributed by atoms with Gasteiger partial charge >= 0.3 is 0 Å². The van der Waals surface area contributed by atoms with E-state index in [1.54, 1.807) is 0 Å². The van der Waals surface area contributed by atoms with Crippen molar-refractivity contribution in [2.45, 2.75) is 109 Å². The first-order valence-electron chi connectivity index (χ1n) is 12.2. The molecule has 0 radical (unpaired) electrons. The number of fused-ring (bicyclic) bond motifs is 3. The van der Waals surface area contributed by atoms with Crippen molar-refractivity contribution in [1.29, 1.82) is 0 Å². The Balaban J connectivity index is 1.54. The van der Waals surface area contributed by atoms with Crippen LogP contribution in [0.25, 0.3) is 11.1 Å². The van der Waals surface area contributed by atoms with Crippen LogP contribution < -0.4 is 5.32 Å². The van der Waals surface area contributed by atoms with Gasteiger partial charge in [0.25, 0.3) is 5.91 Å². The summed E-state index contributed by atoms with van der Waals surface area (Å²) >= 11 is 0. The zero-order valence-electron chi connectivity index (χ0n) is 18.9. The number of nitrogens with one attached hydrogen (secondary N) is 1. The number of hydrogen-bond donors (Lipinski definition) is 1. The summed E-state index contributed by atoms with van der Waals surface area (Å²) in [5.41, 5.74) is 1.41. The first-order chi connectivity index (χ1) is 15.0. The van der Waals surface area contributed by atoms with Gasteiger partial charge in [0.15, 0.2) is 5.58 Å². The molecule has 2 aromatic heterocycles. The van der Waals surface area contributed by atoms with Crippen molar-refractivity contribution in [2.24, 2.45) is 0 Å². The van der Waals surface area contributed by atoms with E-state index in [-0.39, 0.29) is 23.9 Å². The highest BCUT2D eigenvalue weighted by Crippen LogP contribution is 2.38. The van der Waals surface area contributed by atoms with E-state index < -0.39 is 5.54 Å². The molecule has 6 heteroatoms. The summed E-state index contributed by atoms with van der Waals surface area (Å²) in [6.45, 7) is 4.38. The van der Waals surface area contributed by atoms with E-state index in [1.165, 1.54) is 32.1 Å². The molecule has 0 spiro atoms. The normalized spacial score (nSPS) is 26.1. The van der Waals surface area contributed by atoms with Gasteiger partial charge in [0.05, 0.1) is 12.1 Å². The Morgan fingerprint density at radius 2 is 1.68 bits per heavy atom. The fraction of sp³-hybridized carbons (Fsp3) is 0.680. The minimum atomic E-state index is -0.895. The number of nitrogens with zero attached hydrogens (tertiary/aromatic N) is 2. The van der Waals surface area contributed by atoms with Crippen molar-refractivity contribution in [3.8, 4) is 0 Å². The zero-order valence-corrected chi connectivity index (χ0v) is 18.9. The Bertz CT molecular complexity index is 976. The second kappa shape index (κ2) is 8.03. The van der Waals surface area contributed by atoms with Crippen molar-refractivity contribution < 1.29 is 14.0 Å². The van der Waals surface area contributed by atoms with Gasteiger partial charge in [0.2, 0.25) is 5.91 Å². The second-order valence-corrected chi connectivity index (χ2v) is 10.1. The largest absolute Gasteiger partial charge is 0.460 e. The third-order valence-corrected chi connectivity index (χ3v) is 7.77. The lowest BCUT2D eigenvalue weighted by Crippen LogP contribution is -2.67. The van der Waals surface area contributed by atoms with Gasteiger partial charge < -0.3 is 19.2 Å². The molecule has 6 nitrogen and oxygen atoms in total. The molecular formula is C25H35N3O3. The van der Waals surface area contributed by atoms with E-state index in [0.29, 0.717) is 12.2 Å². The molecule has 0 saturated heterocycles. The predicted molar refractivity (Wildman–Crippen MR) is 120 cm³/mol. The van der Waals surface area contributed by atoms with E-state index in [2.05, 4.69) is 5.32 Å². The minimum Gasteiger partial charge on any atom is -0.460 e. The number of hydrogen-bond acceptors (Lipinski definition) is 3. The molecule has 0 unspecified atom stereocenters. The molecular weight excluding hydrogens is 390 g/mol. The van der Waals surface area contributed by atoms with E-state index in [0.717, 1.165) is 55.4 Å². The van der Waals surface area contributed by atoms with Crippen LogP contribution in [-0.4, -0.2) is 38.9 Å². The summed E-state index contributed by atoms with van der Waals surface area (Å²) in [7, 11) is 0. The molecule has 2 fully saturated rings. The SMILES string of the molecule is Cc1cc2c(cc3n2C[C@](C)(C(=O)NC2CCCCC2)N(C2CCCCCC2)C3=O)o1. The van der Waals surface area contributed by atoms with Crippen LogP contribution in [0.2, 0.25) is 0 Å². The van der Waals surface area contributed by atoms with Gasteiger partial charge in [-0.15, -0.1) is 0 Å². The quantitative estimate of drug-likeness (QED) is 0.709. The molecule has 2 amide bonds. The molecule has 1 N–H and O–H groups in total. The van der Waals surface area contributed by atoms with Crippen LogP contribution in [0, 0.1) is 6.92 Å². The topological polar surface area (TPSA) is 67.5 Å². The Kier molecular flexibility index (Phi) is 5.35. The highest BCUT2D eigenvalue weighted by Gasteiger charge is 2.50. The van der Waals surface area contributed by atoms with E-state index in [9.17, 15) is 9.59 Å². The number of aromatic nitrogens is 1. The fourth-order valence-corrected chi connectivity index (χ4v) is 6.10.